The van der Waals surface area contributed by atoms with E-state index in [1.807, 2.05) is 24.3 Å². The minimum absolute atomic E-state index is 0.0952. The van der Waals surface area contributed by atoms with Crippen LogP contribution in [0.3, 0.4) is 0 Å². The summed E-state index contributed by atoms with van der Waals surface area (Å²) in [6.45, 7) is 2.17. The van der Waals surface area contributed by atoms with Crippen LogP contribution in [0.2, 0.25) is 15.1 Å². The van der Waals surface area contributed by atoms with Crippen molar-refractivity contribution in [3.63, 3.8) is 0 Å². The van der Waals surface area contributed by atoms with Gasteiger partial charge in [0.05, 0.1) is 10.0 Å². The fourth-order valence-corrected chi connectivity index (χ4v) is 3.96. The molecule has 0 spiro atoms. The van der Waals surface area contributed by atoms with Crippen LogP contribution >= 0.6 is 46.6 Å². The number of benzene rings is 2. The molecule has 0 bridgehead atoms. The van der Waals surface area contributed by atoms with E-state index in [0.717, 1.165) is 5.75 Å². The van der Waals surface area contributed by atoms with Crippen LogP contribution in [0.25, 0.3) is 6.08 Å². The highest BCUT2D eigenvalue weighted by Crippen LogP contribution is 2.30. The molecule has 2 rings (SSSR count). The Morgan fingerprint density at radius 2 is 1.71 bits per heavy atom. The molecule has 5 heteroatoms. The van der Waals surface area contributed by atoms with Crippen LogP contribution < -0.4 is 0 Å². The molecule has 0 heterocycles. The van der Waals surface area contributed by atoms with Crippen LogP contribution in [0.1, 0.15) is 35.7 Å². The first-order valence-electron chi connectivity index (χ1n) is 7.61. The average molecular weight is 400 g/mol. The van der Waals surface area contributed by atoms with Gasteiger partial charge < -0.3 is 0 Å². The number of hydrogen-bond donors (Lipinski definition) is 0. The summed E-state index contributed by atoms with van der Waals surface area (Å²) in [6.07, 6.45) is 5.47. The Kier molecular flexibility index (Phi) is 7.70. The molecule has 0 N–H and O–H groups in total. The fraction of sp³-hybridized carbons (Fsp3) is 0.211. The second-order valence-corrected chi connectivity index (χ2v) is 7.63. The molecule has 126 valence electrons. The number of carbonyl (C=O) groups excluding carboxylic acids is 1. The first-order chi connectivity index (χ1) is 11.5. The lowest BCUT2D eigenvalue weighted by Gasteiger charge is -2.03. The first-order valence-corrected chi connectivity index (χ1v) is 9.73. The van der Waals surface area contributed by atoms with E-state index >= 15 is 0 Å². The molecule has 0 radical (unpaired) electrons. The average Bonchev–Trinajstić information content (AvgIpc) is 2.54. The summed E-state index contributed by atoms with van der Waals surface area (Å²) in [7, 11) is 0. The normalized spacial score (nSPS) is 11.2. The molecule has 0 unspecified atom stereocenters. The number of rotatable bonds is 7. The number of carbonyl (C=O) groups is 1. The van der Waals surface area contributed by atoms with Gasteiger partial charge in [-0.05, 0) is 60.7 Å². The zero-order valence-electron chi connectivity index (χ0n) is 13.2. The smallest absolute Gasteiger partial charge is 0.185 e. The Balaban J connectivity index is 2.07. The highest BCUT2D eigenvalue weighted by atomic mass is 35.5. The lowest BCUT2D eigenvalue weighted by molar-refractivity contribution is 0.104. The van der Waals surface area contributed by atoms with Crippen molar-refractivity contribution in [2.24, 2.45) is 0 Å². The zero-order chi connectivity index (χ0) is 17.5. The molecule has 0 aromatic heterocycles. The van der Waals surface area contributed by atoms with Gasteiger partial charge in [0, 0.05) is 21.0 Å². The zero-order valence-corrected chi connectivity index (χ0v) is 16.3. The van der Waals surface area contributed by atoms with E-state index in [2.05, 4.69) is 6.92 Å². The summed E-state index contributed by atoms with van der Waals surface area (Å²) in [5.41, 5.74) is 1.22. The van der Waals surface area contributed by atoms with E-state index < -0.39 is 0 Å². The topological polar surface area (TPSA) is 17.1 Å². The molecule has 0 saturated carbocycles. The number of unbranched alkanes of at least 4 members (excludes halogenated alkanes) is 1. The summed E-state index contributed by atoms with van der Waals surface area (Å²) in [5, 5.41) is 1.29. The Labute approximate surface area is 162 Å². The van der Waals surface area contributed by atoms with Gasteiger partial charge in [0.25, 0.3) is 0 Å². The van der Waals surface area contributed by atoms with Gasteiger partial charge in [0.15, 0.2) is 5.78 Å². The lowest BCUT2D eigenvalue weighted by Crippen LogP contribution is -1.94. The van der Waals surface area contributed by atoms with Crippen molar-refractivity contribution >= 4 is 58.4 Å². The van der Waals surface area contributed by atoms with Gasteiger partial charge in [-0.1, -0.05) is 48.1 Å². The van der Waals surface area contributed by atoms with Gasteiger partial charge >= 0.3 is 0 Å². The third-order valence-corrected chi connectivity index (χ3v) is 5.29. The maximum absolute atomic E-state index is 12.3. The van der Waals surface area contributed by atoms with E-state index in [0.29, 0.717) is 26.2 Å². The van der Waals surface area contributed by atoms with Crippen LogP contribution in [0, 0.1) is 0 Å². The van der Waals surface area contributed by atoms with Crippen LogP contribution in [-0.2, 0) is 0 Å². The monoisotopic (exact) mass is 398 g/mol. The summed E-state index contributed by atoms with van der Waals surface area (Å²) >= 11 is 19.9. The Morgan fingerprint density at radius 3 is 2.29 bits per heavy atom. The summed E-state index contributed by atoms with van der Waals surface area (Å²) in [6, 6.07) is 10.8. The van der Waals surface area contributed by atoms with E-state index in [1.54, 1.807) is 30.0 Å². The van der Waals surface area contributed by atoms with Gasteiger partial charge in [-0.15, -0.1) is 11.8 Å². The lowest BCUT2D eigenvalue weighted by atomic mass is 10.1. The largest absolute Gasteiger partial charge is 0.289 e. The molecule has 24 heavy (non-hydrogen) atoms. The van der Waals surface area contributed by atoms with Gasteiger partial charge in [0.1, 0.15) is 0 Å². The second-order valence-electron chi connectivity index (χ2n) is 5.21. The van der Waals surface area contributed by atoms with E-state index in [4.69, 9.17) is 34.8 Å². The van der Waals surface area contributed by atoms with Gasteiger partial charge in [-0.25, -0.2) is 0 Å². The molecule has 0 saturated heterocycles. The molecule has 2 aromatic carbocycles. The predicted molar refractivity (Wildman–Crippen MR) is 107 cm³/mol. The highest BCUT2D eigenvalue weighted by Gasteiger charge is 2.07. The van der Waals surface area contributed by atoms with Crippen LogP contribution in [0.15, 0.2) is 47.4 Å². The Hall–Kier alpha value is -0.930. The van der Waals surface area contributed by atoms with E-state index in [9.17, 15) is 4.79 Å². The summed E-state index contributed by atoms with van der Waals surface area (Å²) in [5.74, 6) is 0.999. The molecule has 2 aromatic rings. The van der Waals surface area contributed by atoms with E-state index in [-0.39, 0.29) is 5.78 Å². The van der Waals surface area contributed by atoms with Crippen molar-refractivity contribution < 1.29 is 4.79 Å². The van der Waals surface area contributed by atoms with Crippen molar-refractivity contribution in [2.45, 2.75) is 24.7 Å². The summed E-state index contributed by atoms with van der Waals surface area (Å²) in [4.78, 5) is 13.4. The number of hydrogen-bond acceptors (Lipinski definition) is 2. The molecule has 0 aliphatic carbocycles. The highest BCUT2D eigenvalue weighted by molar-refractivity contribution is 7.99. The standard InChI is InChI=1S/C19H17Cl3OS/c1-2-3-10-24-15-6-4-13(5-7-15)19(23)9-8-16-17(21)11-14(20)12-18(16)22/h4-9,11-12H,2-3,10H2,1H3/b9-8+. The van der Waals surface area contributed by atoms with E-state index in [1.165, 1.54) is 23.8 Å². The molecule has 0 fully saturated rings. The molecule has 0 aliphatic heterocycles. The second kappa shape index (κ2) is 9.53. The molecular formula is C19H17Cl3OS. The third kappa shape index (κ3) is 5.56. The van der Waals surface area contributed by atoms with Crippen LogP contribution in [0.4, 0.5) is 0 Å². The van der Waals surface area contributed by atoms with Crippen molar-refractivity contribution in [1.82, 2.24) is 0 Å². The minimum atomic E-state index is -0.0952. The number of allylic oxidation sites excluding steroid dienone is 1. The van der Waals surface area contributed by atoms with Gasteiger partial charge in [-0.3, -0.25) is 4.79 Å². The molecule has 0 amide bonds. The molecule has 1 nitrogen and oxygen atoms in total. The molecule has 0 atom stereocenters. The minimum Gasteiger partial charge on any atom is -0.289 e. The SMILES string of the molecule is CCCCSc1ccc(C(=O)/C=C/c2c(Cl)cc(Cl)cc2Cl)cc1. The number of halogens is 3. The maximum atomic E-state index is 12.3. The van der Waals surface area contributed by atoms with Gasteiger partial charge in [-0.2, -0.15) is 0 Å². The summed E-state index contributed by atoms with van der Waals surface area (Å²) < 4.78 is 0. The van der Waals surface area contributed by atoms with Crippen molar-refractivity contribution in [3.05, 3.63) is 68.7 Å². The molecular weight excluding hydrogens is 383 g/mol. The molecule has 0 aliphatic rings. The van der Waals surface area contributed by atoms with Crippen LogP contribution in [0.5, 0.6) is 0 Å². The fourth-order valence-electron chi connectivity index (χ4n) is 2.02. The van der Waals surface area contributed by atoms with Crippen molar-refractivity contribution in [2.75, 3.05) is 5.75 Å². The third-order valence-electron chi connectivity index (χ3n) is 3.35. The van der Waals surface area contributed by atoms with Crippen molar-refractivity contribution in [1.29, 1.82) is 0 Å². The maximum Gasteiger partial charge on any atom is 0.185 e. The quantitative estimate of drug-likeness (QED) is 0.208. The van der Waals surface area contributed by atoms with Crippen molar-refractivity contribution in [3.8, 4) is 0 Å². The number of ketones is 1. The predicted octanol–water partition coefficient (Wildman–Crippen LogP) is 7.44. The Bertz CT molecular complexity index is 716. The Morgan fingerprint density at radius 1 is 1.08 bits per heavy atom. The first kappa shape index (κ1) is 19.4. The van der Waals surface area contributed by atoms with Crippen LogP contribution in [-0.4, -0.2) is 11.5 Å². The van der Waals surface area contributed by atoms with Gasteiger partial charge in [0.2, 0.25) is 0 Å². The number of thioether (sulfide) groups is 1.